The highest BCUT2D eigenvalue weighted by molar-refractivity contribution is 5.97. The monoisotopic (exact) mass is 407 g/mol. The maximum atomic E-state index is 11.6. The smallest absolute Gasteiger partial charge is 0.248 e. The third-order valence-electron chi connectivity index (χ3n) is 6.18. The highest BCUT2D eigenvalue weighted by Gasteiger charge is 2.22. The van der Waals surface area contributed by atoms with Gasteiger partial charge in [0.15, 0.2) is 0 Å². The lowest BCUT2D eigenvalue weighted by Gasteiger charge is -2.33. The molecule has 1 aliphatic rings. The Kier molecular flexibility index (Phi) is 6.06. The second-order valence-corrected chi connectivity index (χ2v) is 7.99. The highest BCUT2D eigenvalue weighted by atomic mass is 16.5. The van der Waals surface area contributed by atoms with Gasteiger partial charge in [-0.1, -0.05) is 12.1 Å². The van der Waals surface area contributed by atoms with Gasteiger partial charge in [-0.25, -0.2) is 0 Å². The molecule has 0 unspecified atom stereocenters. The molecule has 2 heterocycles. The molecule has 0 aliphatic carbocycles. The molecule has 4 rings (SSSR count). The van der Waals surface area contributed by atoms with E-state index in [1.165, 1.54) is 0 Å². The van der Waals surface area contributed by atoms with Crippen molar-refractivity contribution in [2.45, 2.75) is 31.9 Å². The van der Waals surface area contributed by atoms with Gasteiger partial charge in [0.05, 0.1) is 13.7 Å². The molecule has 0 atom stereocenters. The molecule has 6 heteroatoms. The second-order valence-electron chi connectivity index (χ2n) is 7.99. The first-order valence-electron chi connectivity index (χ1n) is 10.5. The summed E-state index contributed by atoms with van der Waals surface area (Å²) in [6.45, 7) is 3.07. The minimum Gasteiger partial charge on any atom is -0.496 e. The average Bonchev–Trinajstić information content (AvgIpc) is 3.21. The molecule has 0 saturated carbocycles. The van der Waals surface area contributed by atoms with E-state index in [9.17, 15) is 9.90 Å². The summed E-state index contributed by atoms with van der Waals surface area (Å²) >= 11 is 0. The highest BCUT2D eigenvalue weighted by Crippen LogP contribution is 2.29. The van der Waals surface area contributed by atoms with Gasteiger partial charge in [-0.2, -0.15) is 0 Å². The van der Waals surface area contributed by atoms with Crippen molar-refractivity contribution in [2.24, 2.45) is 5.73 Å². The third-order valence-corrected chi connectivity index (χ3v) is 6.18. The van der Waals surface area contributed by atoms with Gasteiger partial charge >= 0.3 is 0 Å². The Morgan fingerprint density at radius 1 is 1.17 bits per heavy atom. The number of amides is 1. The largest absolute Gasteiger partial charge is 0.496 e. The number of nitrogens with zero attached hydrogens (tertiary/aromatic N) is 2. The van der Waals surface area contributed by atoms with Gasteiger partial charge in [0.2, 0.25) is 5.91 Å². The lowest BCUT2D eigenvalue weighted by Crippen LogP contribution is -2.35. The van der Waals surface area contributed by atoms with Crippen molar-refractivity contribution in [3.05, 3.63) is 65.4 Å². The van der Waals surface area contributed by atoms with Crippen molar-refractivity contribution >= 4 is 16.8 Å². The number of hydrogen-bond donors (Lipinski definition) is 2. The van der Waals surface area contributed by atoms with Crippen LogP contribution in [0.2, 0.25) is 0 Å². The number of rotatable bonds is 7. The summed E-state index contributed by atoms with van der Waals surface area (Å²) in [7, 11) is 1.69. The molecule has 0 spiro atoms. The number of hydrogen-bond acceptors (Lipinski definition) is 4. The van der Waals surface area contributed by atoms with Gasteiger partial charge in [-0.3, -0.25) is 4.79 Å². The zero-order valence-electron chi connectivity index (χ0n) is 17.4. The molecule has 1 aliphatic heterocycles. The van der Waals surface area contributed by atoms with E-state index in [1.807, 2.05) is 30.3 Å². The summed E-state index contributed by atoms with van der Waals surface area (Å²) in [5, 5.41) is 10.5. The van der Waals surface area contributed by atoms with E-state index in [1.54, 1.807) is 13.2 Å². The van der Waals surface area contributed by atoms with Gasteiger partial charge in [0.25, 0.3) is 0 Å². The zero-order chi connectivity index (χ0) is 21.1. The van der Waals surface area contributed by atoms with Crippen LogP contribution < -0.4 is 10.5 Å². The van der Waals surface area contributed by atoms with Crippen LogP contribution in [0, 0.1) is 0 Å². The first-order valence-corrected chi connectivity index (χ1v) is 10.5. The summed E-state index contributed by atoms with van der Waals surface area (Å²) in [6.07, 6.45) is 5.16. The molecule has 0 bridgehead atoms. The quantitative estimate of drug-likeness (QED) is 0.631. The molecule has 1 aromatic heterocycles. The fraction of sp³-hybridized carbons (Fsp3) is 0.375. The van der Waals surface area contributed by atoms with Gasteiger partial charge < -0.3 is 25.0 Å². The first-order chi connectivity index (χ1) is 14.6. The summed E-state index contributed by atoms with van der Waals surface area (Å²) in [4.78, 5) is 14.0. The summed E-state index contributed by atoms with van der Waals surface area (Å²) in [5.41, 5.74) is 9.15. The van der Waals surface area contributed by atoms with Gasteiger partial charge in [-0.05, 0) is 66.1 Å². The van der Waals surface area contributed by atoms with Crippen LogP contribution in [0.5, 0.6) is 5.75 Å². The van der Waals surface area contributed by atoms with Crippen molar-refractivity contribution in [1.82, 2.24) is 9.47 Å². The number of carbonyl (C=O) groups is 1. The van der Waals surface area contributed by atoms with Crippen LogP contribution in [0.1, 0.15) is 40.4 Å². The molecular formula is C24H29N3O3. The van der Waals surface area contributed by atoms with Crippen LogP contribution in [0.25, 0.3) is 10.9 Å². The van der Waals surface area contributed by atoms with Gasteiger partial charge in [0, 0.05) is 43.0 Å². The summed E-state index contributed by atoms with van der Waals surface area (Å²) in [5.74, 6) is 0.492. The van der Waals surface area contributed by atoms with Crippen LogP contribution in [-0.2, 0) is 13.0 Å². The van der Waals surface area contributed by atoms with Crippen LogP contribution in [0.3, 0.4) is 0 Å². The number of nitrogens with two attached hydrogens (primary N) is 1. The molecule has 30 heavy (non-hydrogen) atoms. The predicted octanol–water partition coefficient (Wildman–Crippen LogP) is 3.12. The van der Waals surface area contributed by atoms with Gasteiger partial charge in [0.1, 0.15) is 5.75 Å². The molecular weight excluding hydrogens is 378 g/mol. The second kappa shape index (κ2) is 8.90. The Bertz CT molecular complexity index is 1040. The Morgan fingerprint density at radius 3 is 2.67 bits per heavy atom. The number of aliphatic hydroxyl groups excluding tert-OH is 1. The zero-order valence-corrected chi connectivity index (χ0v) is 17.4. The van der Waals surface area contributed by atoms with E-state index in [4.69, 9.17) is 10.5 Å². The molecule has 0 radical (unpaired) electrons. The van der Waals surface area contributed by atoms with Crippen molar-refractivity contribution in [1.29, 1.82) is 0 Å². The van der Waals surface area contributed by atoms with E-state index in [2.05, 4.69) is 21.7 Å². The van der Waals surface area contributed by atoms with E-state index in [-0.39, 0.29) is 12.5 Å². The fourth-order valence-electron chi connectivity index (χ4n) is 4.45. The van der Waals surface area contributed by atoms with Gasteiger partial charge in [-0.15, -0.1) is 0 Å². The molecule has 1 fully saturated rings. The Labute approximate surface area is 176 Å². The molecule has 3 aromatic rings. The summed E-state index contributed by atoms with van der Waals surface area (Å²) in [6, 6.07) is 14.1. The number of fused-ring (bicyclic) bond motifs is 1. The van der Waals surface area contributed by atoms with Crippen molar-refractivity contribution in [2.75, 3.05) is 26.7 Å². The van der Waals surface area contributed by atoms with Crippen molar-refractivity contribution in [3.8, 4) is 5.75 Å². The number of piperidine rings is 1. The Balaban J connectivity index is 1.39. The number of methoxy groups -OCH3 is 1. The molecule has 1 saturated heterocycles. The number of carbonyl (C=O) groups excluding carboxylic acids is 1. The minimum absolute atomic E-state index is 0.0463. The summed E-state index contributed by atoms with van der Waals surface area (Å²) < 4.78 is 7.78. The lowest BCUT2D eigenvalue weighted by molar-refractivity contribution is 0.100. The maximum absolute atomic E-state index is 11.6. The van der Waals surface area contributed by atoms with E-state index in [0.29, 0.717) is 11.6 Å². The number of ether oxygens (including phenoxy) is 1. The predicted molar refractivity (Wildman–Crippen MR) is 118 cm³/mol. The first kappa shape index (κ1) is 20.4. The normalized spacial score (nSPS) is 15.5. The van der Waals surface area contributed by atoms with E-state index < -0.39 is 0 Å². The third kappa shape index (κ3) is 4.20. The van der Waals surface area contributed by atoms with Crippen LogP contribution in [-0.4, -0.2) is 47.2 Å². The molecule has 6 nitrogen and oxygen atoms in total. The van der Waals surface area contributed by atoms with Crippen LogP contribution in [0.15, 0.2) is 48.7 Å². The average molecular weight is 408 g/mol. The van der Waals surface area contributed by atoms with Crippen LogP contribution in [0.4, 0.5) is 0 Å². The van der Waals surface area contributed by atoms with E-state index >= 15 is 0 Å². The maximum Gasteiger partial charge on any atom is 0.248 e. The minimum atomic E-state index is -0.389. The number of aromatic nitrogens is 1. The number of aliphatic hydroxyl groups is 1. The molecule has 158 valence electrons. The Morgan fingerprint density at radius 2 is 1.97 bits per heavy atom. The van der Waals surface area contributed by atoms with Crippen molar-refractivity contribution < 1.29 is 14.6 Å². The SMILES string of the molecule is COc1ccc(CO)cc1CCN1CCC(n2ccc3ccc(C(N)=O)cc32)CC1. The molecule has 1 amide bonds. The fourth-order valence-corrected chi connectivity index (χ4v) is 4.45. The van der Waals surface area contributed by atoms with E-state index in [0.717, 1.165) is 66.7 Å². The number of primary amides is 1. The standard InChI is InChI=1S/C24H29N3O3/c1-30-23-5-2-17(16-28)14-19(23)6-10-26-11-8-21(9-12-26)27-13-7-18-3-4-20(24(25)29)15-22(18)27/h2-5,7,13-15,21,28H,6,8-12,16H2,1H3,(H2,25,29). The number of likely N-dealkylation sites (tertiary alicyclic amines) is 1. The Hall–Kier alpha value is -2.83. The topological polar surface area (TPSA) is 80.7 Å². The lowest BCUT2D eigenvalue weighted by atomic mass is 10.0. The molecule has 3 N–H and O–H groups in total. The van der Waals surface area contributed by atoms with Crippen LogP contribution >= 0.6 is 0 Å². The molecule has 2 aromatic carbocycles. The van der Waals surface area contributed by atoms with Crippen molar-refractivity contribution in [3.63, 3.8) is 0 Å². The number of benzene rings is 2.